The van der Waals surface area contributed by atoms with Gasteiger partial charge in [-0.05, 0) is 37.1 Å². The summed E-state index contributed by atoms with van der Waals surface area (Å²) in [4.78, 5) is 4.23. The van der Waals surface area contributed by atoms with Crippen molar-refractivity contribution < 1.29 is 9.94 Å². The summed E-state index contributed by atoms with van der Waals surface area (Å²) < 4.78 is 5.77. The highest BCUT2D eigenvalue weighted by atomic mass is 35.5. The highest BCUT2D eigenvalue weighted by molar-refractivity contribution is 6.32. The first-order chi connectivity index (χ1) is 10.0. The zero-order valence-corrected chi connectivity index (χ0v) is 12.3. The van der Waals surface area contributed by atoms with Crippen LogP contribution < -0.4 is 15.5 Å². The number of nitrogens with zero attached hydrogens (tertiary/aromatic N) is 2. The molecule has 1 aliphatic heterocycles. The van der Waals surface area contributed by atoms with Crippen LogP contribution in [0.15, 0.2) is 30.5 Å². The molecule has 2 heterocycles. The van der Waals surface area contributed by atoms with Crippen LogP contribution in [-0.4, -0.2) is 22.8 Å². The van der Waals surface area contributed by atoms with Gasteiger partial charge in [0.2, 0.25) is 0 Å². The Morgan fingerprint density at radius 2 is 2.24 bits per heavy atom. The Morgan fingerprint density at radius 3 is 3.00 bits per heavy atom. The topological polar surface area (TPSA) is 71.6 Å². The summed E-state index contributed by atoms with van der Waals surface area (Å²) in [5.41, 5.74) is 7.82. The summed E-state index contributed by atoms with van der Waals surface area (Å²) >= 11 is 6.16. The molecule has 0 saturated heterocycles. The number of anilines is 1. The van der Waals surface area contributed by atoms with E-state index in [1.165, 1.54) is 0 Å². The third kappa shape index (κ3) is 2.95. The largest absolute Gasteiger partial charge is 0.454 e. The van der Waals surface area contributed by atoms with E-state index in [0.29, 0.717) is 35.3 Å². The molecule has 3 rings (SSSR count). The minimum absolute atomic E-state index is 0.123. The maximum Gasteiger partial charge on any atom is 0.155 e. The first-order valence-electron chi connectivity index (χ1n) is 6.68. The van der Waals surface area contributed by atoms with Crippen molar-refractivity contribution in [2.75, 3.05) is 11.6 Å². The van der Waals surface area contributed by atoms with Gasteiger partial charge < -0.3 is 10.5 Å². The number of hydroxylamine groups is 1. The van der Waals surface area contributed by atoms with Crippen molar-refractivity contribution in [2.45, 2.75) is 19.4 Å². The second kappa shape index (κ2) is 5.52. The Labute approximate surface area is 127 Å². The number of pyridine rings is 1. The van der Waals surface area contributed by atoms with Gasteiger partial charge in [-0.15, -0.1) is 0 Å². The van der Waals surface area contributed by atoms with Crippen molar-refractivity contribution in [3.63, 3.8) is 0 Å². The molecular formula is C15H16ClN3O2. The SMILES string of the molecule is Cc1ccc(Oc2cnc3c(c2)C[C@H](N)CN3O)c(Cl)c1. The normalized spacial score (nSPS) is 17.5. The van der Waals surface area contributed by atoms with Gasteiger partial charge in [0.1, 0.15) is 11.5 Å². The van der Waals surface area contributed by atoms with Crippen molar-refractivity contribution in [1.29, 1.82) is 0 Å². The Kier molecular flexibility index (Phi) is 3.71. The molecule has 0 amide bonds. The van der Waals surface area contributed by atoms with Gasteiger partial charge in [-0.3, -0.25) is 5.21 Å². The van der Waals surface area contributed by atoms with Crippen LogP contribution >= 0.6 is 11.6 Å². The van der Waals surface area contributed by atoms with E-state index in [0.717, 1.165) is 16.2 Å². The van der Waals surface area contributed by atoms with Crippen LogP contribution in [0.25, 0.3) is 0 Å². The molecule has 2 aromatic rings. The zero-order valence-electron chi connectivity index (χ0n) is 11.6. The number of nitrogens with two attached hydrogens (primary N) is 1. The monoisotopic (exact) mass is 305 g/mol. The van der Waals surface area contributed by atoms with Crippen molar-refractivity contribution in [1.82, 2.24) is 4.98 Å². The summed E-state index contributed by atoms with van der Waals surface area (Å²) in [6.45, 7) is 2.34. The van der Waals surface area contributed by atoms with Gasteiger partial charge >= 0.3 is 0 Å². The van der Waals surface area contributed by atoms with Crippen molar-refractivity contribution in [3.8, 4) is 11.5 Å². The molecule has 5 nitrogen and oxygen atoms in total. The fourth-order valence-corrected chi connectivity index (χ4v) is 2.66. The van der Waals surface area contributed by atoms with Crippen LogP contribution in [-0.2, 0) is 6.42 Å². The van der Waals surface area contributed by atoms with Gasteiger partial charge in [-0.2, -0.15) is 0 Å². The molecule has 0 saturated carbocycles. The summed E-state index contributed by atoms with van der Waals surface area (Å²) in [7, 11) is 0. The number of halogens is 1. The average Bonchev–Trinajstić information content (AvgIpc) is 2.41. The molecule has 0 spiro atoms. The molecule has 1 aromatic heterocycles. The Bertz CT molecular complexity index is 678. The third-order valence-electron chi connectivity index (χ3n) is 3.37. The highest BCUT2D eigenvalue weighted by Gasteiger charge is 2.22. The lowest BCUT2D eigenvalue weighted by molar-refractivity contribution is 0.234. The Morgan fingerprint density at radius 1 is 1.43 bits per heavy atom. The summed E-state index contributed by atoms with van der Waals surface area (Å²) in [6.07, 6.45) is 2.22. The van der Waals surface area contributed by atoms with E-state index in [9.17, 15) is 5.21 Å². The zero-order chi connectivity index (χ0) is 15.0. The van der Waals surface area contributed by atoms with Gasteiger partial charge in [0.15, 0.2) is 5.82 Å². The number of hydrogen-bond donors (Lipinski definition) is 2. The van der Waals surface area contributed by atoms with Gasteiger partial charge in [0.05, 0.1) is 17.8 Å². The van der Waals surface area contributed by atoms with Crippen LogP contribution in [0.4, 0.5) is 5.82 Å². The lowest BCUT2D eigenvalue weighted by atomic mass is 10.0. The van der Waals surface area contributed by atoms with Crippen LogP contribution in [0.3, 0.4) is 0 Å². The first-order valence-corrected chi connectivity index (χ1v) is 7.05. The number of rotatable bonds is 2. The van der Waals surface area contributed by atoms with E-state index in [1.54, 1.807) is 6.20 Å². The number of benzene rings is 1. The number of aromatic nitrogens is 1. The molecule has 1 aromatic carbocycles. The molecule has 0 bridgehead atoms. The maximum atomic E-state index is 9.82. The molecular weight excluding hydrogens is 290 g/mol. The minimum atomic E-state index is -0.123. The fourth-order valence-electron chi connectivity index (χ4n) is 2.39. The molecule has 1 atom stereocenters. The van der Waals surface area contributed by atoms with Crippen LogP contribution in [0.5, 0.6) is 11.5 Å². The predicted molar refractivity (Wildman–Crippen MR) is 81.3 cm³/mol. The molecule has 21 heavy (non-hydrogen) atoms. The summed E-state index contributed by atoms with van der Waals surface area (Å²) in [5, 5.41) is 11.4. The van der Waals surface area contributed by atoms with E-state index in [2.05, 4.69) is 4.98 Å². The van der Waals surface area contributed by atoms with Crippen LogP contribution in [0, 0.1) is 6.92 Å². The molecule has 0 fully saturated rings. The van der Waals surface area contributed by atoms with E-state index in [-0.39, 0.29) is 6.04 Å². The van der Waals surface area contributed by atoms with Crippen molar-refractivity contribution in [2.24, 2.45) is 5.73 Å². The molecule has 0 radical (unpaired) electrons. The predicted octanol–water partition coefficient (Wildman–Crippen LogP) is 2.91. The molecule has 0 aliphatic carbocycles. The maximum absolute atomic E-state index is 9.82. The standard InChI is InChI=1S/C15H16ClN3O2/c1-9-2-3-14(13(16)4-9)21-12-6-10-5-11(17)8-19(20)15(10)18-7-12/h2-4,6-7,11,20H,5,8,17H2,1H3/t11-/m0/s1. The smallest absolute Gasteiger partial charge is 0.155 e. The van der Waals surface area contributed by atoms with E-state index in [4.69, 9.17) is 22.1 Å². The number of ether oxygens (including phenoxy) is 1. The molecule has 0 unspecified atom stereocenters. The highest BCUT2D eigenvalue weighted by Crippen LogP contribution is 2.32. The number of hydrogen-bond acceptors (Lipinski definition) is 5. The summed E-state index contributed by atoms with van der Waals surface area (Å²) in [6, 6.07) is 7.30. The second-order valence-corrected chi connectivity index (χ2v) is 5.64. The first kappa shape index (κ1) is 14.1. The number of aryl methyl sites for hydroxylation is 1. The minimum Gasteiger partial charge on any atom is -0.454 e. The van der Waals surface area contributed by atoms with Crippen LogP contribution in [0.2, 0.25) is 5.02 Å². The quantitative estimate of drug-likeness (QED) is 0.892. The molecule has 3 N–H and O–H groups in total. The lowest BCUT2D eigenvalue weighted by Gasteiger charge is -2.28. The molecule has 1 aliphatic rings. The van der Waals surface area contributed by atoms with Crippen molar-refractivity contribution in [3.05, 3.63) is 46.6 Å². The van der Waals surface area contributed by atoms with Gasteiger partial charge in [-0.1, -0.05) is 17.7 Å². The fraction of sp³-hybridized carbons (Fsp3) is 0.267. The second-order valence-electron chi connectivity index (χ2n) is 5.24. The molecule has 110 valence electrons. The average molecular weight is 306 g/mol. The third-order valence-corrected chi connectivity index (χ3v) is 3.66. The van der Waals surface area contributed by atoms with Crippen molar-refractivity contribution >= 4 is 17.4 Å². The molecule has 6 heteroatoms. The van der Waals surface area contributed by atoms with E-state index < -0.39 is 0 Å². The van der Waals surface area contributed by atoms with Gasteiger partial charge in [0.25, 0.3) is 0 Å². The van der Waals surface area contributed by atoms with Gasteiger partial charge in [-0.25, -0.2) is 10.0 Å². The van der Waals surface area contributed by atoms with Gasteiger partial charge in [0, 0.05) is 11.6 Å². The van der Waals surface area contributed by atoms with Crippen LogP contribution in [0.1, 0.15) is 11.1 Å². The number of fused-ring (bicyclic) bond motifs is 1. The Hall–Kier alpha value is -1.82. The lowest BCUT2D eigenvalue weighted by Crippen LogP contribution is -2.42. The summed E-state index contributed by atoms with van der Waals surface area (Å²) in [5.74, 6) is 1.67. The Balaban J connectivity index is 1.88. The van der Waals surface area contributed by atoms with E-state index in [1.807, 2.05) is 31.2 Å². The van der Waals surface area contributed by atoms with E-state index >= 15 is 0 Å².